The summed E-state index contributed by atoms with van der Waals surface area (Å²) < 4.78 is 24.8. The first-order chi connectivity index (χ1) is 14.7. The maximum absolute atomic E-state index is 12.7. The molecule has 1 unspecified atom stereocenters. The van der Waals surface area contributed by atoms with E-state index in [2.05, 4.69) is 15.3 Å². The molecule has 0 radical (unpaired) electrons. The van der Waals surface area contributed by atoms with Crippen LogP contribution in [-0.4, -0.2) is 47.9 Å². The molecular formula is C22H23N5O3S. The lowest BCUT2D eigenvalue weighted by Gasteiger charge is -2.16. The van der Waals surface area contributed by atoms with Crippen LogP contribution in [0.2, 0.25) is 0 Å². The van der Waals surface area contributed by atoms with E-state index in [1.54, 1.807) is 12.3 Å². The molecule has 0 bridgehead atoms. The van der Waals surface area contributed by atoms with E-state index in [0.717, 1.165) is 27.6 Å². The van der Waals surface area contributed by atoms with Gasteiger partial charge in [-0.3, -0.25) is 4.79 Å². The predicted molar refractivity (Wildman–Crippen MR) is 120 cm³/mol. The maximum atomic E-state index is 12.7. The smallest absolute Gasteiger partial charge is 0.229 e. The van der Waals surface area contributed by atoms with Crippen LogP contribution in [0.4, 0.5) is 11.6 Å². The van der Waals surface area contributed by atoms with E-state index in [1.807, 2.05) is 37.3 Å². The summed E-state index contributed by atoms with van der Waals surface area (Å²) in [6.45, 7) is 2.84. The number of amides is 1. The van der Waals surface area contributed by atoms with Gasteiger partial charge in [0.2, 0.25) is 15.9 Å². The van der Waals surface area contributed by atoms with Crippen molar-refractivity contribution < 1.29 is 13.2 Å². The van der Waals surface area contributed by atoms with Crippen LogP contribution in [0.1, 0.15) is 5.56 Å². The van der Waals surface area contributed by atoms with E-state index in [9.17, 15) is 13.2 Å². The Kier molecular flexibility index (Phi) is 4.49. The summed E-state index contributed by atoms with van der Waals surface area (Å²) in [6, 6.07) is 11.7. The number of nitrogens with one attached hydrogen (secondary N) is 1. The SMILES string of the molecule is Cc1ccccc1-c1cc2cc(NC(=O)C3[C@H]4CN(S(C)(=O)=O)C[C@@H]34)ncc2c(N)n1. The molecule has 1 amide bonds. The third kappa shape index (κ3) is 3.53. The van der Waals surface area contributed by atoms with Gasteiger partial charge in [-0.05, 0) is 41.8 Å². The van der Waals surface area contributed by atoms with Crippen LogP contribution in [0.5, 0.6) is 0 Å². The van der Waals surface area contributed by atoms with Gasteiger partial charge in [0, 0.05) is 36.2 Å². The highest BCUT2D eigenvalue weighted by molar-refractivity contribution is 7.88. The first kappa shape index (κ1) is 19.9. The van der Waals surface area contributed by atoms with Gasteiger partial charge >= 0.3 is 0 Å². The normalized spacial score (nSPS) is 23.0. The Balaban J connectivity index is 1.37. The van der Waals surface area contributed by atoms with Crippen molar-refractivity contribution in [2.24, 2.45) is 17.8 Å². The van der Waals surface area contributed by atoms with Crippen molar-refractivity contribution in [2.45, 2.75) is 6.92 Å². The first-order valence-corrected chi connectivity index (χ1v) is 12.0. The van der Waals surface area contributed by atoms with Crippen LogP contribution >= 0.6 is 0 Å². The van der Waals surface area contributed by atoms with Crippen molar-refractivity contribution >= 4 is 38.3 Å². The van der Waals surface area contributed by atoms with E-state index >= 15 is 0 Å². The molecule has 5 rings (SSSR count). The fourth-order valence-electron chi connectivity index (χ4n) is 4.60. The van der Waals surface area contributed by atoms with Crippen LogP contribution in [0.3, 0.4) is 0 Å². The van der Waals surface area contributed by atoms with E-state index < -0.39 is 10.0 Å². The molecule has 3 aromatic rings. The number of nitrogen functional groups attached to an aromatic ring is 1. The Hall–Kier alpha value is -3.04. The van der Waals surface area contributed by atoms with Gasteiger partial charge in [-0.2, -0.15) is 0 Å². The molecule has 160 valence electrons. The molecule has 31 heavy (non-hydrogen) atoms. The zero-order chi connectivity index (χ0) is 21.9. The lowest BCUT2D eigenvalue weighted by Crippen LogP contribution is -2.32. The minimum atomic E-state index is -3.20. The molecule has 3 heterocycles. The van der Waals surface area contributed by atoms with E-state index in [4.69, 9.17) is 5.73 Å². The summed E-state index contributed by atoms with van der Waals surface area (Å²) in [5.41, 5.74) is 9.04. The number of pyridine rings is 2. The van der Waals surface area contributed by atoms with Gasteiger partial charge in [0.05, 0.1) is 11.9 Å². The minimum absolute atomic E-state index is 0.0858. The Morgan fingerprint density at radius 3 is 2.58 bits per heavy atom. The van der Waals surface area contributed by atoms with E-state index in [0.29, 0.717) is 24.7 Å². The number of nitrogens with two attached hydrogens (primary N) is 1. The summed E-state index contributed by atoms with van der Waals surface area (Å²) in [5.74, 6) is 0.726. The van der Waals surface area contributed by atoms with Crippen molar-refractivity contribution in [1.82, 2.24) is 14.3 Å². The molecule has 1 aromatic carbocycles. The topological polar surface area (TPSA) is 118 Å². The van der Waals surface area contributed by atoms with Crippen LogP contribution in [-0.2, 0) is 14.8 Å². The number of hydrogen-bond acceptors (Lipinski definition) is 6. The monoisotopic (exact) mass is 437 g/mol. The number of piperidine rings is 1. The van der Waals surface area contributed by atoms with Gasteiger partial charge in [-0.15, -0.1) is 0 Å². The molecule has 1 saturated carbocycles. The molecular weight excluding hydrogens is 414 g/mol. The molecule has 3 N–H and O–H groups in total. The largest absolute Gasteiger partial charge is 0.383 e. The van der Waals surface area contributed by atoms with Gasteiger partial charge in [-0.25, -0.2) is 22.7 Å². The van der Waals surface area contributed by atoms with Crippen molar-refractivity contribution in [1.29, 1.82) is 0 Å². The number of sulfonamides is 1. The lowest BCUT2D eigenvalue weighted by atomic mass is 10.0. The molecule has 2 aliphatic rings. The van der Waals surface area contributed by atoms with Crippen molar-refractivity contribution in [3.8, 4) is 11.3 Å². The summed E-state index contributed by atoms with van der Waals surface area (Å²) in [6.07, 6.45) is 2.83. The van der Waals surface area contributed by atoms with Crippen LogP contribution in [0.15, 0.2) is 42.6 Å². The molecule has 3 atom stereocenters. The van der Waals surface area contributed by atoms with Crippen molar-refractivity contribution in [3.05, 3.63) is 48.2 Å². The third-order valence-electron chi connectivity index (χ3n) is 6.35. The fraction of sp³-hybridized carbons (Fsp3) is 0.318. The van der Waals surface area contributed by atoms with Gasteiger partial charge in [0.1, 0.15) is 11.6 Å². The summed E-state index contributed by atoms with van der Waals surface area (Å²) in [7, 11) is -3.20. The van der Waals surface area contributed by atoms with Gasteiger partial charge in [-0.1, -0.05) is 24.3 Å². The second kappa shape index (κ2) is 7.00. The first-order valence-electron chi connectivity index (χ1n) is 10.1. The number of aromatic nitrogens is 2. The number of fused-ring (bicyclic) bond motifs is 2. The Morgan fingerprint density at radius 1 is 1.19 bits per heavy atom. The molecule has 1 saturated heterocycles. The number of nitrogens with zero attached hydrogens (tertiary/aromatic N) is 3. The molecule has 1 aliphatic carbocycles. The average Bonchev–Trinajstić information content (AvgIpc) is 3.20. The number of anilines is 2. The quantitative estimate of drug-likeness (QED) is 0.646. The Bertz CT molecular complexity index is 1310. The molecule has 9 heteroatoms. The van der Waals surface area contributed by atoms with Crippen LogP contribution in [0, 0.1) is 24.7 Å². The number of carbonyl (C=O) groups excluding carboxylic acids is 1. The van der Waals surface area contributed by atoms with E-state index in [1.165, 1.54) is 10.6 Å². The lowest BCUT2D eigenvalue weighted by molar-refractivity contribution is -0.118. The van der Waals surface area contributed by atoms with E-state index in [-0.39, 0.29) is 23.7 Å². The number of carbonyl (C=O) groups is 1. The molecule has 1 aliphatic heterocycles. The highest BCUT2D eigenvalue weighted by Gasteiger charge is 2.60. The Labute approximate surface area is 180 Å². The third-order valence-corrected chi connectivity index (χ3v) is 7.59. The maximum Gasteiger partial charge on any atom is 0.229 e. The highest BCUT2D eigenvalue weighted by atomic mass is 32.2. The summed E-state index contributed by atoms with van der Waals surface area (Å²) in [5, 5.41) is 4.46. The molecule has 2 aromatic heterocycles. The van der Waals surface area contributed by atoms with Gasteiger partial charge in [0.25, 0.3) is 0 Å². The van der Waals surface area contributed by atoms with Crippen LogP contribution < -0.4 is 11.1 Å². The fourth-order valence-corrected chi connectivity index (χ4v) is 5.48. The minimum Gasteiger partial charge on any atom is -0.383 e. The Morgan fingerprint density at radius 2 is 1.90 bits per heavy atom. The summed E-state index contributed by atoms with van der Waals surface area (Å²) in [4.78, 5) is 21.6. The van der Waals surface area contributed by atoms with Crippen LogP contribution in [0.25, 0.3) is 22.0 Å². The average molecular weight is 438 g/mol. The summed E-state index contributed by atoms with van der Waals surface area (Å²) >= 11 is 0. The number of rotatable bonds is 4. The predicted octanol–water partition coefficient (Wildman–Crippen LogP) is 2.26. The van der Waals surface area contributed by atoms with Crippen molar-refractivity contribution in [2.75, 3.05) is 30.4 Å². The van der Waals surface area contributed by atoms with Gasteiger partial charge in [0.15, 0.2) is 0 Å². The molecule has 2 fully saturated rings. The standard InChI is InChI=1S/C22H23N5O3S/c1-12-5-3-4-6-14(12)18-7-13-8-19(24-9-15(13)21(23)25-18)26-22(28)20-16-10-27(11-17(16)20)31(2,29)30/h3-9,16-17,20H,10-11H2,1-2H3,(H2,23,25)(H,24,26,28)/t16-,17+,20?. The molecule has 0 spiro atoms. The molecule has 8 nitrogen and oxygen atoms in total. The zero-order valence-electron chi connectivity index (χ0n) is 17.2. The number of aryl methyl sites for hydroxylation is 1. The van der Waals surface area contributed by atoms with Crippen molar-refractivity contribution in [3.63, 3.8) is 0 Å². The zero-order valence-corrected chi connectivity index (χ0v) is 18.1. The second-order valence-electron chi connectivity index (χ2n) is 8.42. The van der Waals surface area contributed by atoms with Gasteiger partial charge < -0.3 is 11.1 Å². The number of hydrogen-bond donors (Lipinski definition) is 2. The number of benzene rings is 1. The highest BCUT2D eigenvalue weighted by Crippen LogP contribution is 2.52. The second-order valence-corrected chi connectivity index (χ2v) is 10.4.